The first kappa shape index (κ1) is 14.1. The average Bonchev–Trinajstić information content (AvgIpc) is 2.98. The summed E-state index contributed by atoms with van der Waals surface area (Å²) in [6.07, 6.45) is 3.44. The average molecular weight is 281 g/mol. The molecule has 0 spiro atoms. The molecule has 5 nitrogen and oxygen atoms in total. The third-order valence-corrected chi connectivity index (χ3v) is 5.05. The number of ether oxygens (including phenoxy) is 1. The third kappa shape index (κ3) is 3.09. The number of amides is 2. The van der Waals surface area contributed by atoms with Crippen LogP contribution in [-0.2, 0) is 4.74 Å². The Morgan fingerprint density at radius 3 is 2.30 bits per heavy atom. The van der Waals surface area contributed by atoms with Crippen molar-refractivity contribution < 1.29 is 9.53 Å². The van der Waals surface area contributed by atoms with Crippen LogP contribution in [0, 0.1) is 5.92 Å². The van der Waals surface area contributed by atoms with E-state index in [9.17, 15) is 4.79 Å². The summed E-state index contributed by atoms with van der Waals surface area (Å²) >= 11 is 0. The van der Waals surface area contributed by atoms with Crippen LogP contribution in [0.5, 0.6) is 0 Å². The van der Waals surface area contributed by atoms with Crippen LogP contribution in [0.3, 0.4) is 0 Å². The molecule has 5 heteroatoms. The fourth-order valence-corrected chi connectivity index (χ4v) is 3.56. The fourth-order valence-electron chi connectivity index (χ4n) is 3.56. The second-order valence-corrected chi connectivity index (χ2v) is 6.49. The molecule has 0 aromatic rings. The molecule has 0 aromatic carbocycles. The number of rotatable bonds is 1. The van der Waals surface area contributed by atoms with Gasteiger partial charge in [-0.05, 0) is 25.2 Å². The number of hydrogen-bond donors (Lipinski definition) is 0. The van der Waals surface area contributed by atoms with E-state index in [-0.39, 0.29) is 6.03 Å². The minimum atomic E-state index is 0.271. The summed E-state index contributed by atoms with van der Waals surface area (Å²) < 4.78 is 5.41. The monoisotopic (exact) mass is 281 g/mol. The Balaban J connectivity index is 1.50. The lowest BCUT2D eigenvalue weighted by Gasteiger charge is -2.34. The summed E-state index contributed by atoms with van der Waals surface area (Å²) in [6, 6.07) is 0.819. The van der Waals surface area contributed by atoms with E-state index in [1.165, 1.54) is 0 Å². The standard InChI is InChI=1S/C15H27N3O2/c1-13-2-5-17(6-3-13)15(19)18-7-4-14(12-18)16-8-10-20-11-9-16/h13-14H,2-12H2,1H3. The van der Waals surface area contributed by atoms with Crippen LogP contribution in [0.25, 0.3) is 0 Å². The van der Waals surface area contributed by atoms with Crippen molar-refractivity contribution in [3.8, 4) is 0 Å². The number of carbonyl (C=O) groups excluding carboxylic acids is 1. The highest BCUT2D eigenvalue weighted by atomic mass is 16.5. The molecule has 3 aliphatic heterocycles. The van der Waals surface area contributed by atoms with Crippen molar-refractivity contribution in [3.63, 3.8) is 0 Å². The number of hydrogen-bond acceptors (Lipinski definition) is 3. The van der Waals surface area contributed by atoms with Gasteiger partial charge in [-0.15, -0.1) is 0 Å². The molecule has 1 unspecified atom stereocenters. The van der Waals surface area contributed by atoms with Crippen LogP contribution in [0.4, 0.5) is 4.79 Å². The highest BCUT2D eigenvalue weighted by Crippen LogP contribution is 2.21. The van der Waals surface area contributed by atoms with Crippen LogP contribution in [0.1, 0.15) is 26.2 Å². The molecule has 1 atom stereocenters. The van der Waals surface area contributed by atoms with E-state index in [1.54, 1.807) is 0 Å². The lowest BCUT2D eigenvalue weighted by Crippen LogP contribution is -2.48. The molecule has 0 saturated carbocycles. The Hall–Kier alpha value is -0.810. The largest absolute Gasteiger partial charge is 0.379 e. The van der Waals surface area contributed by atoms with Crippen molar-refractivity contribution in [1.82, 2.24) is 14.7 Å². The van der Waals surface area contributed by atoms with Gasteiger partial charge in [-0.25, -0.2) is 4.79 Å². The van der Waals surface area contributed by atoms with Crippen molar-refractivity contribution in [2.75, 3.05) is 52.5 Å². The molecule has 3 saturated heterocycles. The summed E-state index contributed by atoms with van der Waals surface area (Å²) in [7, 11) is 0. The Bertz CT molecular complexity index is 336. The van der Waals surface area contributed by atoms with Crippen LogP contribution in [0.2, 0.25) is 0 Å². The highest BCUT2D eigenvalue weighted by Gasteiger charge is 2.33. The van der Waals surface area contributed by atoms with E-state index in [4.69, 9.17) is 4.74 Å². The molecule has 3 fully saturated rings. The van der Waals surface area contributed by atoms with Gasteiger partial charge >= 0.3 is 6.03 Å². The quantitative estimate of drug-likeness (QED) is 0.725. The molecule has 0 N–H and O–H groups in total. The maximum absolute atomic E-state index is 12.5. The molecular formula is C15H27N3O2. The predicted octanol–water partition coefficient (Wildman–Crippen LogP) is 1.24. The first-order chi connectivity index (χ1) is 9.74. The van der Waals surface area contributed by atoms with Gasteiger partial charge in [0.15, 0.2) is 0 Å². The maximum atomic E-state index is 12.5. The second-order valence-electron chi connectivity index (χ2n) is 6.49. The number of nitrogens with zero attached hydrogens (tertiary/aromatic N) is 3. The zero-order valence-corrected chi connectivity index (χ0v) is 12.6. The molecule has 0 aromatic heterocycles. The number of piperidine rings is 1. The van der Waals surface area contributed by atoms with Gasteiger partial charge in [0.2, 0.25) is 0 Å². The molecule has 2 amide bonds. The van der Waals surface area contributed by atoms with Crippen molar-refractivity contribution in [2.24, 2.45) is 5.92 Å². The Morgan fingerprint density at radius 1 is 0.950 bits per heavy atom. The molecule has 3 rings (SSSR count). The summed E-state index contributed by atoms with van der Waals surface area (Å²) in [5, 5.41) is 0. The van der Waals surface area contributed by atoms with Crippen molar-refractivity contribution in [1.29, 1.82) is 0 Å². The molecule has 114 valence electrons. The van der Waals surface area contributed by atoms with Crippen LogP contribution in [0.15, 0.2) is 0 Å². The first-order valence-corrected chi connectivity index (χ1v) is 8.09. The Kier molecular flexibility index (Phi) is 4.46. The van der Waals surface area contributed by atoms with E-state index in [0.717, 1.165) is 77.7 Å². The normalized spacial score (nSPS) is 29.9. The van der Waals surface area contributed by atoms with E-state index < -0.39 is 0 Å². The summed E-state index contributed by atoms with van der Waals surface area (Å²) in [5.41, 5.74) is 0. The lowest BCUT2D eigenvalue weighted by molar-refractivity contribution is 0.0188. The van der Waals surface area contributed by atoms with Crippen LogP contribution >= 0.6 is 0 Å². The van der Waals surface area contributed by atoms with E-state index in [1.807, 2.05) is 0 Å². The van der Waals surface area contributed by atoms with Gasteiger partial charge in [0.1, 0.15) is 0 Å². The first-order valence-electron chi connectivity index (χ1n) is 8.09. The molecule has 20 heavy (non-hydrogen) atoms. The van der Waals surface area contributed by atoms with Crippen molar-refractivity contribution in [2.45, 2.75) is 32.2 Å². The number of urea groups is 1. The minimum absolute atomic E-state index is 0.271. The zero-order chi connectivity index (χ0) is 13.9. The molecule has 3 aliphatic rings. The number of carbonyl (C=O) groups is 1. The summed E-state index contributed by atoms with van der Waals surface area (Å²) in [4.78, 5) is 19.2. The van der Waals surface area contributed by atoms with Gasteiger partial charge in [-0.3, -0.25) is 4.90 Å². The van der Waals surface area contributed by atoms with E-state index in [0.29, 0.717) is 6.04 Å². The van der Waals surface area contributed by atoms with Crippen molar-refractivity contribution in [3.05, 3.63) is 0 Å². The SMILES string of the molecule is CC1CCN(C(=O)N2CCC(N3CCOCC3)C2)CC1. The smallest absolute Gasteiger partial charge is 0.320 e. The molecular weight excluding hydrogens is 254 g/mol. The molecule has 3 heterocycles. The van der Waals surface area contributed by atoms with Gasteiger partial charge in [0, 0.05) is 45.3 Å². The Morgan fingerprint density at radius 2 is 1.60 bits per heavy atom. The van der Waals surface area contributed by atoms with Gasteiger partial charge in [-0.2, -0.15) is 0 Å². The van der Waals surface area contributed by atoms with Crippen LogP contribution in [-0.4, -0.2) is 79.3 Å². The summed E-state index contributed by atoms with van der Waals surface area (Å²) in [5.74, 6) is 0.777. The maximum Gasteiger partial charge on any atom is 0.320 e. The summed E-state index contributed by atoms with van der Waals surface area (Å²) in [6.45, 7) is 9.73. The highest BCUT2D eigenvalue weighted by molar-refractivity contribution is 5.75. The number of morpholine rings is 1. The molecule has 0 radical (unpaired) electrons. The van der Waals surface area contributed by atoms with Gasteiger partial charge in [-0.1, -0.05) is 6.92 Å². The van der Waals surface area contributed by atoms with E-state index in [2.05, 4.69) is 21.6 Å². The zero-order valence-electron chi connectivity index (χ0n) is 12.6. The predicted molar refractivity (Wildman–Crippen MR) is 77.7 cm³/mol. The second kappa shape index (κ2) is 6.31. The van der Waals surface area contributed by atoms with Crippen molar-refractivity contribution >= 4 is 6.03 Å². The van der Waals surface area contributed by atoms with Crippen LogP contribution < -0.4 is 0 Å². The Labute approximate surface area is 121 Å². The third-order valence-electron chi connectivity index (χ3n) is 5.05. The minimum Gasteiger partial charge on any atom is -0.379 e. The molecule has 0 bridgehead atoms. The van der Waals surface area contributed by atoms with E-state index >= 15 is 0 Å². The fraction of sp³-hybridized carbons (Fsp3) is 0.933. The lowest BCUT2D eigenvalue weighted by atomic mass is 10.00. The van der Waals surface area contributed by atoms with Gasteiger partial charge in [0.25, 0.3) is 0 Å². The topological polar surface area (TPSA) is 36.0 Å². The van der Waals surface area contributed by atoms with Gasteiger partial charge < -0.3 is 14.5 Å². The number of likely N-dealkylation sites (tertiary alicyclic amines) is 2. The molecule has 0 aliphatic carbocycles. The van der Waals surface area contributed by atoms with Gasteiger partial charge in [0.05, 0.1) is 13.2 Å².